The minimum atomic E-state index is -0.285. The third kappa shape index (κ3) is 4.55. The summed E-state index contributed by atoms with van der Waals surface area (Å²) in [6, 6.07) is 15.5. The van der Waals surface area contributed by atoms with Gasteiger partial charge in [0.1, 0.15) is 11.4 Å². The second-order valence-corrected chi connectivity index (χ2v) is 10.2. The van der Waals surface area contributed by atoms with E-state index in [-0.39, 0.29) is 30.1 Å². The zero-order valence-corrected chi connectivity index (χ0v) is 21.3. The van der Waals surface area contributed by atoms with Gasteiger partial charge in [-0.05, 0) is 63.2 Å². The molecule has 0 saturated carbocycles. The molecule has 1 aliphatic heterocycles. The van der Waals surface area contributed by atoms with Crippen LogP contribution in [0.2, 0.25) is 0 Å². The quantitative estimate of drug-likeness (QED) is 0.226. The lowest BCUT2D eigenvalue weighted by molar-refractivity contribution is 0.213. The fourth-order valence-electron chi connectivity index (χ4n) is 5.51. The Kier molecular flexibility index (Phi) is 6.39. The van der Waals surface area contributed by atoms with Gasteiger partial charge in [0.15, 0.2) is 5.88 Å². The van der Waals surface area contributed by atoms with E-state index in [1.165, 1.54) is 0 Å². The van der Waals surface area contributed by atoms with Crippen LogP contribution >= 0.6 is 0 Å². The SMILES string of the molecule is CN1CCC(n2cc3cc4[nH]c(-c5c(N[C@@H](CO)Cc6ccccc6)cc[nH]c5=O)nc4cc3c2O)CC1. The molecule has 2 aromatic carbocycles. The van der Waals surface area contributed by atoms with Crippen molar-refractivity contribution in [2.24, 2.45) is 0 Å². The van der Waals surface area contributed by atoms with Gasteiger partial charge in [-0.2, -0.15) is 0 Å². The summed E-state index contributed by atoms with van der Waals surface area (Å²) in [5.41, 5.74) is 3.22. The van der Waals surface area contributed by atoms with E-state index in [1.54, 1.807) is 12.3 Å². The lowest BCUT2D eigenvalue weighted by Gasteiger charge is -2.30. The van der Waals surface area contributed by atoms with E-state index >= 15 is 0 Å². The molecule has 6 rings (SSSR count). The van der Waals surface area contributed by atoms with Crippen LogP contribution in [0.3, 0.4) is 0 Å². The van der Waals surface area contributed by atoms with E-state index in [4.69, 9.17) is 4.98 Å². The number of aromatic nitrogens is 4. The van der Waals surface area contributed by atoms with Crippen LogP contribution in [0.4, 0.5) is 5.69 Å². The summed E-state index contributed by atoms with van der Waals surface area (Å²) in [6.45, 7) is 1.93. The van der Waals surface area contributed by atoms with Crippen LogP contribution in [-0.4, -0.2) is 67.4 Å². The average molecular weight is 513 g/mol. The highest BCUT2D eigenvalue weighted by molar-refractivity contribution is 5.99. The van der Waals surface area contributed by atoms with Crippen molar-refractivity contribution in [1.29, 1.82) is 0 Å². The summed E-state index contributed by atoms with van der Waals surface area (Å²) < 4.78 is 1.99. The van der Waals surface area contributed by atoms with Crippen LogP contribution in [0.15, 0.2) is 65.7 Å². The molecule has 5 N–H and O–H groups in total. The lowest BCUT2D eigenvalue weighted by atomic mass is 10.1. The number of hydrogen-bond acceptors (Lipinski definition) is 6. The first-order chi connectivity index (χ1) is 18.5. The molecular weight excluding hydrogens is 480 g/mol. The maximum absolute atomic E-state index is 13.0. The van der Waals surface area contributed by atoms with Gasteiger partial charge >= 0.3 is 0 Å². The predicted octanol–water partition coefficient (Wildman–Crippen LogP) is 3.86. The number of nitrogens with zero attached hydrogens (tertiary/aromatic N) is 3. The van der Waals surface area contributed by atoms with Crippen LogP contribution in [0.25, 0.3) is 33.2 Å². The third-order valence-corrected chi connectivity index (χ3v) is 7.60. The van der Waals surface area contributed by atoms with Crippen molar-refractivity contribution >= 4 is 27.5 Å². The zero-order valence-electron chi connectivity index (χ0n) is 21.3. The van der Waals surface area contributed by atoms with Crippen molar-refractivity contribution in [3.05, 3.63) is 76.8 Å². The summed E-state index contributed by atoms with van der Waals surface area (Å²) in [4.78, 5) is 26.1. The zero-order chi connectivity index (χ0) is 26.2. The highest BCUT2D eigenvalue weighted by atomic mass is 16.3. The second-order valence-electron chi connectivity index (χ2n) is 10.2. The number of hydrogen-bond donors (Lipinski definition) is 5. The van der Waals surface area contributed by atoms with Crippen LogP contribution in [0, 0.1) is 0 Å². The van der Waals surface area contributed by atoms with Gasteiger partial charge < -0.3 is 35.0 Å². The van der Waals surface area contributed by atoms with Gasteiger partial charge in [0.25, 0.3) is 5.56 Å². The van der Waals surface area contributed by atoms with Crippen molar-refractivity contribution in [2.45, 2.75) is 31.3 Å². The molecule has 0 aliphatic carbocycles. The molecule has 1 atom stereocenters. The highest BCUT2D eigenvalue weighted by Gasteiger charge is 2.23. The minimum absolute atomic E-state index is 0.0906. The van der Waals surface area contributed by atoms with E-state index in [2.05, 4.69) is 27.2 Å². The number of H-pyrrole nitrogens is 2. The largest absolute Gasteiger partial charge is 0.494 e. The summed E-state index contributed by atoms with van der Waals surface area (Å²) in [5, 5.41) is 26.1. The molecule has 0 spiro atoms. The number of aliphatic hydroxyl groups excluding tert-OH is 1. The van der Waals surface area contributed by atoms with Crippen LogP contribution < -0.4 is 10.9 Å². The molecule has 1 aliphatic rings. The highest BCUT2D eigenvalue weighted by Crippen LogP contribution is 2.36. The number of aromatic hydroxyl groups is 1. The molecule has 0 radical (unpaired) electrons. The van der Waals surface area contributed by atoms with Gasteiger partial charge in [-0.3, -0.25) is 4.79 Å². The number of aliphatic hydroxyl groups is 1. The Morgan fingerprint density at radius 3 is 2.71 bits per heavy atom. The van der Waals surface area contributed by atoms with Crippen LogP contribution in [0.1, 0.15) is 24.4 Å². The van der Waals surface area contributed by atoms with Crippen LogP contribution in [0.5, 0.6) is 5.88 Å². The Balaban J connectivity index is 1.34. The Morgan fingerprint density at radius 1 is 1.16 bits per heavy atom. The van der Waals surface area contributed by atoms with E-state index in [1.807, 2.05) is 53.2 Å². The first-order valence-electron chi connectivity index (χ1n) is 13.1. The fourth-order valence-corrected chi connectivity index (χ4v) is 5.51. The van der Waals surface area contributed by atoms with Crippen molar-refractivity contribution in [2.75, 3.05) is 32.1 Å². The number of aromatic amines is 2. The minimum Gasteiger partial charge on any atom is -0.494 e. The van der Waals surface area contributed by atoms with Crippen molar-refractivity contribution in [3.8, 4) is 17.3 Å². The molecule has 0 amide bonds. The summed E-state index contributed by atoms with van der Waals surface area (Å²) >= 11 is 0. The molecule has 4 heterocycles. The first kappa shape index (κ1) is 24.3. The van der Waals surface area contributed by atoms with Gasteiger partial charge in [-0.25, -0.2) is 4.98 Å². The molecule has 9 nitrogen and oxygen atoms in total. The van der Waals surface area contributed by atoms with Gasteiger partial charge in [0, 0.05) is 29.2 Å². The molecule has 1 saturated heterocycles. The fraction of sp³-hybridized carbons (Fsp3) is 0.310. The number of rotatable bonds is 7. The summed E-state index contributed by atoms with van der Waals surface area (Å²) in [7, 11) is 2.13. The number of imidazole rings is 1. The van der Waals surface area contributed by atoms with E-state index < -0.39 is 0 Å². The first-order valence-corrected chi connectivity index (χ1v) is 13.1. The average Bonchev–Trinajstić information content (AvgIpc) is 3.48. The number of pyridine rings is 1. The lowest BCUT2D eigenvalue weighted by Crippen LogP contribution is -2.31. The van der Waals surface area contributed by atoms with Gasteiger partial charge in [-0.1, -0.05) is 30.3 Å². The van der Waals surface area contributed by atoms with Gasteiger partial charge in [-0.15, -0.1) is 0 Å². The predicted molar refractivity (Wildman–Crippen MR) is 150 cm³/mol. The molecule has 0 bridgehead atoms. The maximum atomic E-state index is 13.0. The van der Waals surface area contributed by atoms with Crippen molar-refractivity contribution < 1.29 is 10.2 Å². The molecule has 9 heteroatoms. The monoisotopic (exact) mass is 512 g/mol. The number of benzene rings is 2. The van der Waals surface area contributed by atoms with Gasteiger partial charge in [0.05, 0.1) is 29.4 Å². The molecule has 38 heavy (non-hydrogen) atoms. The number of likely N-dealkylation sites (tertiary alicyclic amines) is 1. The standard InChI is InChI=1S/C29H32N6O3/c1-34-11-8-21(9-12-34)35-16-19-14-24-25(15-22(19)29(35)38)33-27(32-24)26-23(7-10-30-28(26)37)31-20(17-36)13-18-5-3-2-4-6-18/h2-7,10,14-16,20-21,36,38H,8-9,11-13,17H2,1H3,(H,32,33)(H2,30,31,37)/t20-/m1/s1. The normalized spacial score (nSPS) is 15.8. The number of fused-ring (bicyclic) bond motifs is 2. The second kappa shape index (κ2) is 10.00. The van der Waals surface area contributed by atoms with E-state index in [0.717, 1.165) is 47.8 Å². The Morgan fingerprint density at radius 2 is 1.95 bits per heavy atom. The Hall–Kier alpha value is -4.08. The Labute approximate surface area is 219 Å². The van der Waals surface area contributed by atoms with Crippen molar-refractivity contribution in [3.63, 3.8) is 0 Å². The number of nitrogens with one attached hydrogen (secondary N) is 3. The van der Waals surface area contributed by atoms with E-state index in [0.29, 0.717) is 29.0 Å². The summed E-state index contributed by atoms with van der Waals surface area (Å²) in [5.74, 6) is 0.684. The third-order valence-electron chi connectivity index (χ3n) is 7.60. The van der Waals surface area contributed by atoms with E-state index in [9.17, 15) is 15.0 Å². The van der Waals surface area contributed by atoms with Gasteiger partial charge in [0.2, 0.25) is 0 Å². The van der Waals surface area contributed by atoms with Crippen molar-refractivity contribution in [1.82, 2.24) is 24.4 Å². The molecule has 196 valence electrons. The summed E-state index contributed by atoms with van der Waals surface area (Å²) in [6.07, 6.45) is 6.20. The Bertz CT molecular complexity index is 1630. The number of piperidine rings is 1. The maximum Gasteiger partial charge on any atom is 0.261 e. The molecule has 1 fully saturated rings. The van der Waals surface area contributed by atoms with Crippen LogP contribution in [-0.2, 0) is 6.42 Å². The molecule has 5 aromatic rings. The smallest absolute Gasteiger partial charge is 0.261 e. The molecule has 0 unspecified atom stereocenters. The topological polar surface area (TPSA) is 122 Å². The molecule has 3 aromatic heterocycles. The number of anilines is 1. The molecular formula is C29H32N6O3.